The second kappa shape index (κ2) is 11.8. The van der Waals surface area contributed by atoms with Crippen LogP contribution in [0.1, 0.15) is 56.9 Å². The van der Waals surface area contributed by atoms with Crippen LogP contribution < -0.4 is 0 Å². The van der Waals surface area contributed by atoms with Crippen LogP contribution in [-0.4, -0.2) is 25.7 Å². The van der Waals surface area contributed by atoms with Crippen molar-refractivity contribution < 1.29 is 19.1 Å². The summed E-state index contributed by atoms with van der Waals surface area (Å²) < 4.78 is 8.71. The third kappa shape index (κ3) is 7.81. The van der Waals surface area contributed by atoms with Gasteiger partial charge >= 0.3 is 5.97 Å². The Morgan fingerprint density at radius 3 is 2.45 bits per heavy atom. The van der Waals surface area contributed by atoms with Gasteiger partial charge in [-0.05, 0) is 30.7 Å². The molecule has 0 unspecified atom stereocenters. The van der Waals surface area contributed by atoms with Gasteiger partial charge < -0.3 is 9.47 Å². The van der Waals surface area contributed by atoms with Gasteiger partial charge in [0.1, 0.15) is 0 Å². The first-order valence-corrected chi connectivity index (χ1v) is 8.03. The molecule has 1 aliphatic carbocycles. The van der Waals surface area contributed by atoms with E-state index in [-0.39, 0.29) is 13.1 Å². The number of carbonyl (C=O) groups excluding carboxylic acids is 2. The SMILES string of the molecule is CCCOC(=O)COC=O.c1ccc(C2CCCCC2)cc1. The smallest absolute Gasteiger partial charge is 0.344 e. The molecular weight excluding hydrogens is 280 g/mol. The molecule has 1 aromatic carbocycles. The van der Waals surface area contributed by atoms with E-state index in [1.54, 1.807) is 5.56 Å². The van der Waals surface area contributed by atoms with Crippen molar-refractivity contribution in [3.8, 4) is 0 Å². The Morgan fingerprint density at radius 1 is 1.18 bits per heavy atom. The molecule has 0 bridgehead atoms. The third-order valence-electron chi connectivity index (χ3n) is 3.61. The first-order chi connectivity index (χ1) is 10.8. The molecule has 0 aromatic heterocycles. The van der Waals surface area contributed by atoms with E-state index < -0.39 is 5.97 Å². The van der Waals surface area contributed by atoms with Crippen molar-refractivity contribution in [2.24, 2.45) is 0 Å². The number of rotatable bonds is 6. The summed E-state index contributed by atoms with van der Waals surface area (Å²) in [4.78, 5) is 20.0. The minimum absolute atomic E-state index is 0.215. The number of carbonyl (C=O) groups is 2. The quantitative estimate of drug-likeness (QED) is 0.592. The maximum atomic E-state index is 10.5. The number of hydrogen-bond donors (Lipinski definition) is 0. The number of esters is 1. The lowest BCUT2D eigenvalue weighted by Gasteiger charge is -2.21. The van der Waals surface area contributed by atoms with E-state index in [0.717, 1.165) is 12.3 Å². The molecule has 1 aliphatic rings. The van der Waals surface area contributed by atoms with Crippen molar-refractivity contribution >= 4 is 12.4 Å². The first kappa shape index (κ1) is 18.2. The lowest BCUT2D eigenvalue weighted by Crippen LogP contribution is -2.12. The number of ether oxygens (including phenoxy) is 2. The minimum Gasteiger partial charge on any atom is -0.463 e. The number of benzene rings is 1. The maximum Gasteiger partial charge on any atom is 0.344 e. The van der Waals surface area contributed by atoms with Gasteiger partial charge in [-0.2, -0.15) is 0 Å². The van der Waals surface area contributed by atoms with Gasteiger partial charge in [0, 0.05) is 0 Å². The largest absolute Gasteiger partial charge is 0.463 e. The van der Waals surface area contributed by atoms with E-state index in [9.17, 15) is 9.59 Å². The molecule has 1 aromatic rings. The van der Waals surface area contributed by atoms with Gasteiger partial charge in [-0.25, -0.2) is 4.79 Å². The van der Waals surface area contributed by atoms with Crippen molar-refractivity contribution in [3.05, 3.63) is 35.9 Å². The van der Waals surface area contributed by atoms with Crippen molar-refractivity contribution in [1.82, 2.24) is 0 Å². The molecule has 22 heavy (non-hydrogen) atoms. The van der Waals surface area contributed by atoms with Gasteiger partial charge in [-0.15, -0.1) is 0 Å². The maximum absolute atomic E-state index is 10.5. The Bertz CT molecular complexity index is 410. The highest BCUT2D eigenvalue weighted by molar-refractivity contribution is 5.71. The van der Waals surface area contributed by atoms with E-state index in [1.165, 1.54) is 32.1 Å². The molecule has 0 spiro atoms. The highest BCUT2D eigenvalue weighted by atomic mass is 16.6. The first-order valence-electron chi connectivity index (χ1n) is 8.03. The van der Waals surface area contributed by atoms with E-state index in [0.29, 0.717) is 6.61 Å². The van der Waals surface area contributed by atoms with Crippen molar-refractivity contribution in [2.45, 2.75) is 51.4 Å². The van der Waals surface area contributed by atoms with Gasteiger partial charge in [0.15, 0.2) is 6.61 Å². The Kier molecular flexibility index (Phi) is 9.75. The van der Waals surface area contributed by atoms with Crippen molar-refractivity contribution in [2.75, 3.05) is 13.2 Å². The molecule has 0 atom stereocenters. The highest BCUT2D eigenvalue weighted by Gasteiger charge is 2.14. The molecule has 0 saturated heterocycles. The summed E-state index contributed by atoms with van der Waals surface area (Å²) >= 11 is 0. The van der Waals surface area contributed by atoms with Crippen LogP contribution in [0.25, 0.3) is 0 Å². The van der Waals surface area contributed by atoms with Crippen LogP contribution in [0.4, 0.5) is 0 Å². The second-order valence-corrected chi connectivity index (χ2v) is 5.37. The summed E-state index contributed by atoms with van der Waals surface area (Å²) in [6.45, 7) is 2.19. The van der Waals surface area contributed by atoms with Gasteiger partial charge in [0.05, 0.1) is 6.61 Å². The molecule has 0 amide bonds. The molecule has 1 saturated carbocycles. The summed E-state index contributed by atoms with van der Waals surface area (Å²) in [6, 6.07) is 11.0. The predicted molar refractivity (Wildman–Crippen MR) is 85.5 cm³/mol. The summed E-state index contributed by atoms with van der Waals surface area (Å²) in [6.07, 6.45) is 7.89. The summed E-state index contributed by atoms with van der Waals surface area (Å²) in [5.74, 6) is 0.355. The molecule has 4 heteroatoms. The fraction of sp³-hybridized carbons (Fsp3) is 0.556. The molecule has 0 N–H and O–H groups in total. The fourth-order valence-electron chi connectivity index (χ4n) is 2.52. The Morgan fingerprint density at radius 2 is 1.86 bits per heavy atom. The van der Waals surface area contributed by atoms with E-state index >= 15 is 0 Å². The van der Waals surface area contributed by atoms with Gasteiger partial charge in [-0.3, -0.25) is 4.79 Å². The highest BCUT2D eigenvalue weighted by Crippen LogP contribution is 2.32. The zero-order valence-electron chi connectivity index (χ0n) is 13.3. The molecule has 1 fully saturated rings. The third-order valence-corrected chi connectivity index (χ3v) is 3.61. The fourth-order valence-corrected chi connectivity index (χ4v) is 2.52. The van der Waals surface area contributed by atoms with Crippen LogP contribution in [0.3, 0.4) is 0 Å². The average Bonchev–Trinajstić information content (AvgIpc) is 2.60. The standard InChI is InChI=1S/C12H16.C6H10O4/c1-3-7-11(8-4-1)12-9-5-2-6-10-12;1-2-3-10-6(8)4-9-5-7/h1,3-4,7-8,12H,2,5-6,9-10H2;5H,2-4H2,1H3. The van der Waals surface area contributed by atoms with E-state index in [1.807, 2.05) is 6.92 Å². The normalized spacial score (nSPS) is 14.4. The second-order valence-electron chi connectivity index (χ2n) is 5.37. The van der Waals surface area contributed by atoms with Crippen molar-refractivity contribution in [3.63, 3.8) is 0 Å². The lowest BCUT2D eigenvalue weighted by atomic mass is 9.84. The van der Waals surface area contributed by atoms with Crippen LogP contribution in [0.5, 0.6) is 0 Å². The lowest BCUT2D eigenvalue weighted by molar-refractivity contribution is -0.152. The van der Waals surface area contributed by atoms with Crippen LogP contribution in [0.15, 0.2) is 30.3 Å². The Balaban J connectivity index is 0.000000225. The molecule has 4 nitrogen and oxygen atoms in total. The molecule has 122 valence electrons. The molecule has 0 heterocycles. The van der Waals surface area contributed by atoms with Gasteiger partial charge in [0.25, 0.3) is 6.47 Å². The molecular formula is C18H26O4. The van der Waals surface area contributed by atoms with Crippen LogP contribution >= 0.6 is 0 Å². The Hall–Kier alpha value is -1.84. The average molecular weight is 306 g/mol. The van der Waals surface area contributed by atoms with Crippen LogP contribution in [-0.2, 0) is 19.1 Å². The zero-order chi connectivity index (χ0) is 16.0. The van der Waals surface area contributed by atoms with E-state index in [2.05, 4.69) is 39.8 Å². The molecule has 2 rings (SSSR count). The summed E-state index contributed by atoms with van der Waals surface area (Å²) in [5.41, 5.74) is 1.55. The molecule has 0 aliphatic heterocycles. The van der Waals surface area contributed by atoms with Crippen molar-refractivity contribution in [1.29, 1.82) is 0 Å². The minimum atomic E-state index is -0.506. The topological polar surface area (TPSA) is 52.6 Å². The van der Waals surface area contributed by atoms with Gasteiger partial charge in [-0.1, -0.05) is 56.5 Å². The Labute approximate surface area is 132 Å². The van der Waals surface area contributed by atoms with E-state index in [4.69, 9.17) is 0 Å². The van der Waals surface area contributed by atoms with Gasteiger partial charge in [0.2, 0.25) is 0 Å². The number of hydrogen-bond acceptors (Lipinski definition) is 4. The van der Waals surface area contributed by atoms with Crippen LogP contribution in [0.2, 0.25) is 0 Å². The monoisotopic (exact) mass is 306 g/mol. The summed E-state index contributed by atoms with van der Waals surface area (Å²) in [7, 11) is 0. The zero-order valence-corrected chi connectivity index (χ0v) is 13.3. The molecule has 0 radical (unpaired) electrons. The van der Waals surface area contributed by atoms with Crippen LogP contribution in [0, 0.1) is 0 Å². The predicted octanol–water partition coefficient (Wildman–Crippen LogP) is 3.85. The summed E-state index contributed by atoms with van der Waals surface area (Å²) in [5, 5.41) is 0.